The standard InChI is InChI=1S/C27H19N5O6/c1-2-36-23-14-17(13-21(32(34)35)25(23)37-12-11-28)16-29-31-26(24-15-18-7-3-6-10-22(18)38-24)30-20-9-5-4-8-19(20)27(31)33/h3-10,13-16H,2,12H2,1H3. The van der Waals surface area contributed by atoms with Gasteiger partial charge in [0.1, 0.15) is 11.7 Å². The van der Waals surface area contributed by atoms with Crippen LogP contribution in [0.15, 0.2) is 81.0 Å². The van der Waals surface area contributed by atoms with Crippen LogP contribution in [0.4, 0.5) is 5.69 Å². The predicted molar refractivity (Wildman–Crippen MR) is 140 cm³/mol. The van der Waals surface area contributed by atoms with Crippen molar-refractivity contribution in [2.75, 3.05) is 13.2 Å². The topological polar surface area (TPSA) is 146 Å². The van der Waals surface area contributed by atoms with Gasteiger partial charge in [0.25, 0.3) is 5.56 Å². The molecule has 0 aliphatic rings. The Morgan fingerprint density at radius 2 is 1.95 bits per heavy atom. The maximum absolute atomic E-state index is 13.5. The first-order chi connectivity index (χ1) is 18.5. The van der Waals surface area contributed by atoms with Crippen LogP contribution in [-0.2, 0) is 0 Å². The highest BCUT2D eigenvalue weighted by Gasteiger charge is 2.23. The number of hydrogen-bond donors (Lipinski definition) is 0. The third-order valence-electron chi connectivity index (χ3n) is 5.56. The van der Waals surface area contributed by atoms with Crippen LogP contribution in [0.1, 0.15) is 12.5 Å². The molecule has 3 aromatic carbocycles. The molecule has 0 N–H and O–H groups in total. The Hall–Kier alpha value is -5.50. The van der Waals surface area contributed by atoms with Crippen molar-refractivity contribution >= 4 is 33.8 Å². The minimum absolute atomic E-state index is 0.0693. The van der Waals surface area contributed by atoms with E-state index >= 15 is 0 Å². The molecule has 0 saturated carbocycles. The average molecular weight is 509 g/mol. The van der Waals surface area contributed by atoms with Gasteiger partial charge in [0.2, 0.25) is 11.6 Å². The Morgan fingerprint density at radius 1 is 1.16 bits per heavy atom. The lowest BCUT2D eigenvalue weighted by atomic mass is 10.2. The summed E-state index contributed by atoms with van der Waals surface area (Å²) in [5, 5.41) is 26.1. The van der Waals surface area contributed by atoms with Crippen LogP contribution in [0.3, 0.4) is 0 Å². The van der Waals surface area contributed by atoms with Gasteiger partial charge in [-0.1, -0.05) is 30.3 Å². The van der Waals surface area contributed by atoms with Crippen molar-refractivity contribution in [2.45, 2.75) is 6.92 Å². The van der Waals surface area contributed by atoms with Gasteiger partial charge in [0.05, 0.1) is 28.6 Å². The molecule has 38 heavy (non-hydrogen) atoms. The van der Waals surface area contributed by atoms with E-state index < -0.39 is 22.8 Å². The highest BCUT2D eigenvalue weighted by atomic mass is 16.6. The van der Waals surface area contributed by atoms with E-state index in [9.17, 15) is 14.9 Å². The highest BCUT2D eigenvalue weighted by Crippen LogP contribution is 2.38. The first kappa shape index (κ1) is 24.2. The number of para-hydroxylation sites is 2. The largest absolute Gasteiger partial charge is 0.490 e. The van der Waals surface area contributed by atoms with Crippen molar-refractivity contribution in [1.29, 1.82) is 5.26 Å². The molecule has 5 aromatic rings. The summed E-state index contributed by atoms with van der Waals surface area (Å²) in [6, 6.07) is 20.5. The lowest BCUT2D eigenvalue weighted by Crippen LogP contribution is -2.20. The van der Waals surface area contributed by atoms with Crippen LogP contribution in [0.25, 0.3) is 33.5 Å². The van der Waals surface area contributed by atoms with Gasteiger partial charge in [-0.3, -0.25) is 14.9 Å². The molecule has 11 heteroatoms. The zero-order valence-corrected chi connectivity index (χ0v) is 20.0. The van der Waals surface area contributed by atoms with E-state index in [0.29, 0.717) is 22.2 Å². The van der Waals surface area contributed by atoms with Crippen LogP contribution in [-0.4, -0.2) is 34.0 Å². The molecule has 0 spiro atoms. The van der Waals surface area contributed by atoms with Crippen molar-refractivity contribution in [3.05, 3.63) is 92.8 Å². The lowest BCUT2D eigenvalue weighted by molar-refractivity contribution is -0.385. The molecule has 0 aliphatic heterocycles. The molecular weight excluding hydrogens is 490 g/mol. The van der Waals surface area contributed by atoms with Crippen molar-refractivity contribution in [3.63, 3.8) is 0 Å². The average Bonchev–Trinajstić information content (AvgIpc) is 3.36. The van der Waals surface area contributed by atoms with Gasteiger partial charge in [-0.25, -0.2) is 4.98 Å². The molecule has 2 heterocycles. The van der Waals surface area contributed by atoms with E-state index in [1.807, 2.05) is 18.2 Å². The number of ether oxygens (including phenoxy) is 2. The van der Waals surface area contributed by atoms with Crippen LogP contribution < -0.4 is 15.0 Å². The smallest absolute Gasteiger partial charge is 0.315 e. The Bertz CT molecular complexity index is 1780. The summed E-state index contributed by atoms with van der Waals surface area (Å²) in [6.45, 7) is 1.51. The highest BCUT2D eigenvalue weighted by molar-refractivity contribution is 5.85. The molecule has 0 bridgehead atoms. The second kappa shape index (κ2) is 10.2. The third-order valence-corrected chi connectivity index (χ3v) is 5.56. The van der Waals surface area contributed by atoms with Gasteiger partial charge in [-0.05, 0) is 37.3 Å². The van der Waals surface area contributed by atoms with Crippen LogP contribution >= 0.6 is 0 Å². The van der Waals surface area contributed by atoms with Crippen LogP contribution in [0.5, 0.6) is 11.5 Å². The quantitative estimate of drug-likeness (QED) is 0.163. The van der Waals surface area contributed by atoms with Crippen molar-refractivity contribution < 1.29 is 18.8 Å². The molecule has 11 nitrogen and oxygen atoms in total. The zero-order chi connectivity index (χ0) is 26.6. The van der Waals surface area contributed by atoms with E-state index in [4.69, 9.17) is 19.2 Å². The van der Waals surface area contributed by atoms with Gasteiger partial charge >= 0.3 is 5.69 Å². The fraction of sp³-hybridized carbons (Fsp3) is 0.111. The number of nitro benzene ring substituents is 1. The molecule has 0 amide bonds. The fourth-order valence-electron chi connectivity index (χ4n) is 3.94. The van der Waals surface area contributed by atoms with Gasteiger partial charge in [-0.2, -0.15) is 15.0 Å². The normalized spacial score (nSPS) is 11.2. The Kier molecular flexibility index (Phi) is 6.52. The summed E-state index contributed by atoms with van der Waals surface area (Å²) in [4.78, 5) is 29.2. The molecule has 188 valence electrons. The predicted octanol–water partition coefficient (Wildman–Crippen LogP) is 4.90. The summed E-state index contributed by atoms with van der Waals surface area (Å²) in [6.07, 6.45) is 1.29. The summed E-state index contributed by atoms with van der Waals surface area (Å²) in [7, 11) is 0. The maximum Gasteiger partial charge on any atom is 0.315 e. The molecule has 0 radical (unpaired) electrons. The van der Waals surface area contributed by atoms with Crippen LogP contribution in [0.2, 0.25) is 0 Å². The van der Waals surface area contributed by atoms with E-state index in [2.05, 4.69) is 10.1 Å². The summed E-state index contributed by atoms with van der Waals surface area (Å²) in [5.74, 6) is 0.394. The second-order valence-corrected chi connectivity index (χ2v) is 7.97. The van der Waals surface area contributed by atoms with E-state index in [0.717, 1.165) is 10.1 Å². The molecule has 5 rings (SSSR count). The Labute approximate surface area is 214 Å². The number of nitrogens with zero attached hydrogens (tertiary/aromatic N) is 5. The van der Waals surface area contributed by atoms with Gasteiger partial charge < -0.3 is 13.9 Å². The third kappa shape index (κ3) is 4.54. The Balaban J connectivity index is 1.68. The lowest BCUT2D eigenvalue weighted by Gasteiger charge is -2.11. The monoisotopic (exact) mass is 509 g/mol. The summed E-state index contributed by atoms with van der Waals surface area (Å²) >= 11 is 0. The Morgan fingerprint density at radius 3 is 2.71 bits per heavy atom. The number of nitriles is 1. The number of nitro groups is 1. The first-order valence-corrected chi connectivity index (χ1v) is 11.5. The molecular formula is C27H19N5O6. The molecule has 0 unspecified atom stereocenters. The maximum atomic E-state index is 13.5. The molecule has 0 atom stereocenters. The van der Waals surface area contributed by atoms with E-state index in [1.54, 1.807) is 49.4 Å². The minimum atomic E-state index is -0.643. The number of furan rings is 1. The second-order valence-electron chi connectivity index (χ2n) is 7.97. The SMILES string of the molecule is CCOc1cc(C=Nn2c(-c3cc4ccccc4o3)nc3ccccc3c2=O)cc([N+](=O)[O-])c1OCC#N. The van der Waals surface area contributed by atoms with Crippen molar-refractivity contribution in [2.24, 2.45) is 5.10 Å². The summed E-state index contributed by atoms with van der Waals surface area (Å²) in [5.41, 5.74) is 0.489. The van der Waals surface area contributed by atoms with Crippen LogP contribution in [0, 0.1) is 21.4 Å². The summed E-state index contributed by atoms with van der Waals surface area (Å²) < 4.78 is 17.8. The van der Waals surface area contributed by atoms with Crippen molar-refractivity contribution in [1.82, 2.24) is 9.66 Å². The zero-order valence-electron chi connectivity index (χ0n) is 20.0. The molecule has 2 aromatic heterocycles. The van der Waals surface area contributed by atoms with Gasteiger partial charge in [0, 0.05) is 17.0 Å². The first-order valence-electron chi connectivity index (χ1n) is 11.5. The number of hydrogen-bond acceptors (Lipinski definition) is 9. The number of rotatable bonds is 8. The van der Waals surface area contributed by atoms with Crippen molar-refractivity contribution in [3.8, 4) is 29.2 Å². The minimum Gasteiger partial charge on any atom is -0.490 e. The molecule has 0 aliphatic carbocycles. The van der Waals surface area contributed by atoms with E-state index in [1.165, 1.54) is 18.3 Å². The molecule has 0 saturated heterocycles. The number of fused-ring (bicyclic) bond motifs is 2. The van der Waals surface area contributed by atoms with Gasteiger partial charge in [-0.15, -0.1) is 0 Å². The number of aromatic nitrogens is 2. The fourth-order valence-corrected chi connectivity index (χ4v) is 3.94. The van der Waals surface area contributed by atoms with Gasteiger partial charge in [0.15, 0.2) is 18.1 Å². The number of benzene rings is 3. The van der Waals surface area contributed by atoms with E-state index in [-0.39, 0.29) is 29.5 Å². The molecule has 0 fully saturated rings.